The maximum absolute atomic E-state index is 13.4. The Morgan fingerprint density at radius 2 is 2.14 bits per heavy atom. The highest BCUT2D eigenvalue weighted by atomic mass is 32.2. The molecule has 0 radical (unpaired) electrons. The topological polar surface area (TPSA) is 64.0 Å². The second-order valence-electron chi connectivity index (χ2n) is 4.49. The molecular weight excluding hydrogens is 305 g/mol. The van der Waals surface area contributed by atoms with Gasteiger partial charge in [0.15, 0.2) is 5.16 Å². The van der Waals surface area contributed by atoms with Crippen LogP contribution in [0.2, 0.25) is 0 Å². The summed E-state index contributed by atoms with van der Waals surface area (Å²) in [5, 5.41) is 3.14. The number of benzene rings is 1. The van der Waals surface area contributed by atoms with Gasteiger partial charge in [-0.05, 0) is 13.0 Å². The number of nitrogens with zero attached hydrogens (tertiary/aromatic N) is 2. The summed E-state index contributed by atoms with van der Waals surface area (Å²) >= 11 is 1.18. The van der Waals surface area contributed by atoms with Crippen LogP contribution in [0.5, 0.6) is 0 Å². The minimum atomic E-state index is -0.347. The lowest BCUT2D eigenvalue weighted by molar-refractivity contribution is -0.118. The van der Waals surface area contributed by atoms with Crippen molar-refractivity contribution in [2.75, 3.05) is 5.75 Å². The number of carbonyl (C=O) groups excluding carboxylic acids is 1. The number of nitrogens with one attached hydrogen (secondary N) is 1. The molecular formula is C15H16FN3O2S. The average Bonchev–Trinajstić information content (AvgIpc) is 2.52. The van der Waals surface area contributed by atoms with Crippen LogP contribution in [0.3, 0.4) is 0 Å². The first-order valence-electron chi connectivity index (χ1n) is 6.80. The lowest BCUT2D eigenvalue weighted by Gasteiger charge is -2.09. The van der Waals surface area contributed by atoms with Crippen molar-refractivity contribution < 1.29 is 9.18 Å². The van der Waals surface area contributed by atoms with E-state index in [1.54, 1.807) is 29.0 Å². The third-order valence-electron chi connectivity index (χ3n) is 2.96. The zero-order valence-electron chi connectivity index (χ0n) is 12.1. The van der Waals surface area contributed by atoms with Crippen LogP contribution >= 0.6 is 11.8 Å². The van der Waals surface area contributed by atoms with Gasteiger partial charge in [0.2, 0.25) is 5.91 Å². The monoisotopic (exact) mass is 321 g/mol. The fourth-order valence-corrected chi connectivity index (χ4v) is 2.66. The molecule has 22 heavy (non-hydrogen) atoms. The van der Waals surface area contributed by atoms with Gasteiger partial charge < -0.3 is 9.88 Å². The molecule has 0 atom stereocenters. The highest BCUT2D eigenvalue weighted by Crippen LogP contribution is 2.13. The Hall–Kier alpha value is -2.15. The number of rotatable bonds is 6. The number of halogens is 1. The molecule has 0 saturated heterocycles. The lowest BCUT2D eigenvalue weighted by Crippen LogP contribution is -2.25. The molecule has 0 spiro atoms. The summed E-state index contributed by atoms with van der Waals surface area (Å²) < 4.78 is 15.2. The van der Waals surface area contributed by atoms with E-state index in [1.165, 1.54) is 23.9 Å². The van der Waals surface area contributed by atoms with E-state index in [4.69, 9.17) is 0 Å². The molecule has 0 saturated carbocycles. The summed E-state index contributed by atoms with van der Waals surface area (Å²) in [7, 11) is 0. The van der Waals surface area contributed by atoms with Gasteiger partial charge in [-0.3, -0.25) is 9.59 Å². The first kappa shape index (κ1) is 16.2. The van der Waals surface area contributed by atoms with Crippen LogP contribution in [0.1, 0.15) is 12.5 Å². The van der Waals surface area contributed by atoms with E-state index in [2.05, 4.69) is 10.3 Å². The maximum atomic E-state index is 13.4. The fourth-order valence-electron chi connectivity index (χ4n) is 1.79. The second-order valence-corrected chi connectivity index (χ2v) is 5.43. The van der Waals surface area contributed by atoms with E-state index < -0.39 is 0 Å². The molecule has 0 aliphatic heterocycles. The summed E-state index contributed by atoms with van der Waals surface area (Å²) in [5.74, 6) is -0.473. The van der Waals surface area contributed by atoms with Gasteiger partial charge in [0.1, 0.15) is 5.82 Å². The molecule has 7 heteroatoms. The highest BCUT2D eigenvalue weighted by Gasteiger charge is 2.08. The van der Waals surface area contributed by atoms with Crippen molar-refractivity contribution in [2.45, 2.75) is 25.2 Å². The normalized spacial score (nSPS) is 10.5. The van der Waals surface area contributed by atoms with Crippen molar-refractivity contribution in [2.24, 2.45) is 0 Å². The Kier molecular flexibility index (Phi) is 5.71. The van der Waals surface area contributed by atoms with Crippen LogP contribution in [0.15, 0.2) is 46.5 Å². The summed E-state index contributed by atoms with van der Waals surface area (Å²) in [4.78, 5) is 27.0. The molecule has 2 aromatic rings. The third kappa shape index (κ3) is 4.42. The van der Waals surface area contributed by atoms with Crippen LogP contribution in [0.4, 0.5) is 4.39 Å². The Morgan fingerprint density at radius 3 is 2.86 bits per heavy atom. The molecule has 0 aliphatic rings. The average molecular weight is 321 g/mol. The van der Waals surface area contributed by atoms with Crippen molar-refractivity contribution in [1.82, 2.24) is 14.9 Å². The predicted octanol–water partition coefficient (Wildman–Crippen LogP) is 1.81. The zero-order valence-corrected chi connectivity index (χ0v) is 12.9. The van der Waals surface area contributed by atoms with E-state index in [9.17, 15) is 14.0 Å². The first-order valence-corrected chi connectivity index (χ1v) is 7.79. The predicted molar refractivity (Wildman–Crippen MR) is 83.1 cm³/mol. The molecule has 2 rings (SSSR count). The Balaban J connectivity index is 1.89. The van der Waals surface area contributed by atoms with E-state index in [1.807, 2.05) is 6.92 Å². The Morgan fingerprint density at radius 1 is 1.36 bits per heavy atom. The molecule has 0 aliphatic carbocycles. The van der Waals surface area contributed by atoms with Gasteiger partial charge in [-0.2, -0.15) is 4.98 Å². The van der Waals surface area contributed by atoms with Gasteiger partial charge in [-0.15, -0.1) is 0 Å². The molecule has 1 amide bonds. The van der Waals surface area contributed by atoms with Gasteiger partial charge in [-0.25, -0.2) is 4.39 Å². The summed E-state index contributed by atoms with van der Waals surface area (Å²) in [6, 6.07) is 7.67. The molecule has 116 valence electrons. The quantitative estimate of drug-likeness (QED) is 0.651. The van der Waals surface area contributed by atoms with E-state index >= 15 is 0 Å². The summed E-state index contributed by atoms with van der Waals surface area (Å²) in [6.07, 6.45) is 1.65. The summed E-state index contributed by atoms with van der Waals surface area (Å²) in [6.45, 7) is 2.72. The van der Waals surface area contributed by atoms with Crippen molar-refractivity contribution >= 4 is 17.7 Å². The zero-order chi connectivity index (χ0) is 15.9. The molecule has 1 aromatic heterocycles. The smallest absolute Gasteiger partial charge is 0.273 e. The van der Waals surface area contributed by atoms with Crippen LogP contribution in [0.25, 0.3) is 0 Å². The number of hydrogen-bond donors (Lipinski definition) is 1. The number of amides is 1. The van der Waals surface area contributed by atoms with Crippen LogP contribution in [-0.4, -0.2) is 21.2 Å². The second kappa shape index (κ2) is 7.74. The van der Waals surface area contributed by atoms with Crippen LogP contribution in [-0.2, 0) is 17.9 Å². The molecule has 0 fully saturated rings. The van der Waals surface area contributed by atoms with E-state index in [-0.39, 0.29) is 29.6 Å². The minimum absolute atomic E-state index is 0.116. The van der Waals surface area contributed by atoms with Crippen LogP contribution in [0, 0.1) is 5.82 Å². The number of thioether (sulfide) groups is 1. The van der Waals surface area contributed by atoms with Crippen molar-refractivity contribution in [3.8, 4) is 0 Å². The molecule has 0 bridgehead atoms. The Bertz CT molecular complexity index is 718. The van der Waals surface area contributed by atoms with Gasteiger partial charge in [-0.1, -0.05) is 30.0 Å². The van der Waals surface area contributed by atoms with Crippen LogP contribution < -0.4 is 10.9 Å². The molecule has 0 unspecified atom stereocenters. The van der Waals surface area contributed by atoms with Crippen molar-refractivity contribution in [3.05, 3.63) is 58.3 Å². The number of aromatic nitrogens is 2. The largest absolute Gasteiger partial charge is 0.351 e. The maximum Gasteiger partial charge on any atom is 0.273 e. The number of hydrogen-bond acceptors (Lipinski definition) is 4. The summed E-state index contributed by atoms with van der Waals surface area (Å²) in [5.41, 5.74) is 0.100. The van der Waals surface area contributed by atoms with Gasteiger partial charge >= 0.3 is 0 Å². The van der Waals surface area contributed by atoms with Gasteiger partial charge in [0.05, 0.1) is 5.75 Å². The lowest BCUT2D eigenvalue weighted by atomic mass is 10.2. The molecule has 1 heterocycles. The fraction of sp³-hybridized carbons (Fsp3) is 0.267. The minimum Gasteiger partial charge on any atom is -0.351 e. The standard InChI is InChI=1S/C15H16FN3O2S/c1-2-19-8-7-13(20)18-15(19)22-10-14(21)17-9-11-5-3-4-6-12(11)16/h3-8H,2,9-10H2,1H3,(H,17,21). The van der Waals surface area contributed by atoms with E-state index in [0.717, 1.165) is 0 Å². The third-order valence-corrected chi connectivity index (χ3v) is 3.95. The van der Waals surface area contributed by atoms with Crippen molar-refractivity contribution in [1.29, 1.82) is 0 Å². The van der Waals surface area contributed by atoms with Gasteiger partial charge in [0, 0.05) is 30.9 Å². The van der Waals surface area contributed by atoms with E-state index in [0.29, 0.717) is 17.3 Å². The number of carbonyl (C=O) groups is 1. The molecule has 5 nitrogen and oxygen atoms in total. The number of aryl methyl sites for hydroxylation is 1. The molecule has 1 aromatic carbocycles. The molecule has 1 N–H and O–H groups in total. The SMILES string of the molecule is CCn1ccc(=O)nc1SCC(=O)NCc1ccccc1F. The van der Waals surface area contributed by atoms with Gasteiger partial charge in [0.25, 0.3) is 5.56 Å². The Labute approximate surface area is 131 Å². The highest BCUT2D eigenvalue weighted by molar-refractivity contribution is 7.99. The first-order chi connectivity index (χ1) is 10.6. The van der Waals surface area contributed by atoms with Crippen molar-refractivity contribution in [3.63, 3.8) is 0 Å².